The van der Waals surface area contributed by atoms with Gasteiger partial charge in [-0.1, -0.05) is 34.8 Å². The van der Waals surface area contributed by atoms with E-state index in [0.717, 1.165) is 0 Å². The maximum absolute atomic E-state index is 5.23. The van der Waals surface area contributed by atoms with E-state index in [4.69, 9.17) is 34.8 Å². The zero-order valence-electron chi connectivity index (χ0n) is 3.13. The summed E-state index contributed by atoms with van der Waals surface area (Å²) in [5, 5.41) is 0.429. The highest BCUT2D eigenvalue weighted by molar-refractivity contribution is 6.59. The van der Waals surface area contributed by atoms with Crippen LogP contribution in [0.3, 0.4) is 0 Å². The van der Waals surface area contributed by atoms with Crippen molar-refractivity contribution in [2.75, 3.05) is 0 Å². The lowest BCUT2D eigenvalue weighted by Crippen LogP contribution is -1.53. The summed E-state index contributed by atoms with van der Waals surface area (Å²) in [7, 11) is 0. The Balaban J connectivity index is 3.68. The average molecular weight is 145 g/mol. The van der Waals surface area contributed by atoms with Crippen molar-refractivity contribution in [3.8, 4) is 0 Å². The Hall–Kier alpha value is 0.610. The zero-order valence-corrected chi connectivity index (χ0v) is 5.40. The predicted molar refractivity (Wildman–Crippen MR) is 30.3 cm³/mol. The van der Waals surface area contributed by atoms with Crippen LogP contribution >= 0.6 is 34.8 Å². The van der Waals surface area contributed by atoms with Crippen LogP contribution in [0.1, 0.15) is 6.92 Å². The largest absolute Gasteiger partial charge is 0.121 e. The molecule has 0 bridgehead atoms. The summed E-state index contributed by atoms with van der Waals surface area (Å²) >= 11 is 15.5. The average Bonchev–Trinajstić information content (AvgIpc) is 1.36. The van der Waals surface area contributed by atoms with E-state index in [1.165, 1.54) is 0 Å². The van der Waals surface area contributed by atoms with Gasteiger partial charge in [0.05, 0.1) is 0 Å². The molecule has 0 spiro atoms. The van der Waals surface area contributed by atoms with Gasteiger partial charge in [0, 0.05) is 5.03 Å². The van der Waals surface area contributed by atoms with Crippen LogP contribution in [0.5, 0.6) is 0 Å². The molecular formula is C3H3Cl3. The minimum atomic E-state index is 0.136. The third kappa shape index (κ3) is 2.83. The van der Waals surface area contributed by atoms with E-state index < -0.39 is 0 Å². The van der Waals surface area contributed by atoms with Crippen LogP contribution in [0, 0.1) is 0 Å². The lowest BCUT2D eigenvalue weighted by molar-refractivity contribution is 1.68. The lowest BCUT2D eigenvalue weighted by atomic mass is 10.8. The highest BCUT2D eigenvalue weighted by Crippen LogP contribution is 2.15. The van der Waals surface area contributed by atoms with Crippen molar-refractivity contribution in [2.45, 2.75) is 6.92 Å². The summed E-state index contributed by atoms with van der Waals surface area (Å²) in [6.07, 6.45) is 0. The molecule has 0 atom stereocenters. The van der Waals surface area contributed by atoms with Crippen molar-refractivity contribution in [3.05, 3.63) is 9.52 Å². The molecule has 0 radical (unpaired) electrons. The molecule has 0 aliphatic carbocycles. The van der Waals surface area contributed by atoms with Gasteiger partial charge in [-0.25, -0.2) is 0 Å². The maximum atomic E-state index is 5.23. The molecular weight excluding hydrogens is 142 g/mol. The number of hydrogen-bond donors (Lipinski definition) is 0. The van der Waals surface area contributed by atoms with E-state index in [-0.39, 0.29) is 4.49 Å². The summed E-state index contributed by atoms with van der Waals surface area (Å²) in [6.45, 7) is 1.62. The predicted octanol–water partition coefficient (Wildman–Crippen LogP) is 2.89. The summed E-state index contributed by atoms with van der Waals surface area (Å²) in [5.41, 5.74) is 0. The van der Waals surface area contributed by atoms with Crippen LogP contribution in [0.25, 0.3) is 0 Å². The van der Waals surface area contributed by atoms with E-state index in [9.17, 15) is 0 Å². The first-order valence-corrected chi connectivity index (χ1v) is 2.45. The van der Waals surface area contributed by atoms with E-state index in [0.29, 0.717) is 5.03 Å². The molecule has 36 valence electrons. The number of halogens is 3. The van der Waals surface area contributed by atoms with Crippen LogP contribution in [-0.2, 0) is 0 Å². The highest BCUT2D eigenvalue weighted by atomic mass is 35.5. The van der Waals surface area contributed by atoms with Gasteiger partial charge < -0.3 is 0 Å². The first kappa shape index (κ1) is 6.61. The Morgan fingerprint density at radius 1 is 1.17 bits per heavy atom. The summed E-state index contributed by atoms with van der Waals surface area (Å²) in [6, 6.07) is 0. The van der Waals surface area contributed by atoms with Crippen LogP contribution in [0.4, 0.5) is 0 Å². The molecule has 0 nitrogen and oxygen atoms in total. The molecule has 0 aromatic heterocycles. The Bertz CT molecular complexity index is 56.1. The molecule has 0 rings (SSSR count). The summed E-state index contributed by atoms with van der Waals surface area (Å²) in [4.78, 5) is 0. The smallest absolute Gasteiger partial charge is 0.0869 e. The molecule has 0 aromatic rings. The molecule has 0 N–H and O–H groups in total. The molecule has 6 heavy (non-hydrogen) atoms. The molecule has 0 aromatic carbocycles. The second-order valence-electron chi connectivity index (χ2n) is 0.794. The maximum Gasteiger partial charge on any atom is 0.121 e. The van der Waals surface area contributed by atoms with Gasteiger partial charge in [-0.15, -0.1) is 0 Å². The van der Waals surface area contributed by atoms with E-state index in [2.05, 4.69) is 0 Å². The number of allylic oxidation sites excluding steroid dienone is 1. The van der Waals surface area contributed by atoms with Crippen molar-refractivity contribution in [1.82, 2.24) is 0 Å². The monoisotopic (exact) mass is 144 g/mol. The molecule has 0 heterocycles. The van der Waals surface area contributed by atoms with E-state index >= 15 is 0 Å². The van der Waals surface area contributed by atoms with Crippen LogP contribution in [-0.4, -0.2) is 0 Å². The molecule has 0 saturated heterocycles. The van der Waals surface area contributed by atoms with Gasteiger partial charge >= 0.3 is 0 Å². The molecule has 3 heteroatoms. The Morgan fingerprint density at radius 2 is 1.33 bits per heavy atom. The molecule has 0 saturated carbocycles. The lowest BCUT2D eigenvalue weighted by Gasteiger charge is -1.79. The molecule has 0 amide bonds. The normalized spacial score (nSPS) is 8.00. The van der Waals surface area contributed by atoms with Crippen LogP contribution in [0.2, 0.25) is 0 Å². The van der Waals surface area contributed by atoms with Crippen molar-refractivity contribution >= 4 is 34.8 Å². The molecule has 0 unspecified atom stereocenters. The van der Waals surface area contributed by atoms with Crippen molar-refractivity contribution < 1.29 is 0 Å². The minimum Gasteiger partial charge on any atom is -0.0869 e. The van der Waals surface area contributed by atoms with Crippen LogP contribution < -0.4 is 0 Å². The summed E-state index contributed by atoms with van der Waals surface area (Å²) in [5.74, 6) is 0. The third-order valence-corrected chi connectivity index (χ3v) is 1.21. The van der Waals surface area contributed by atoms with Crippen molar-refractivity contribution in [1.29, 1.82) is 0 Å². The van der Waals surface area contributed by atoms with Gasteiger partial charge in [-0.2, -0.15) is 0 Å². The van der Waals surface area contributed by atoms with Crippen molar-refractivity contribution in [2.24, 2.45) is 0 Å². The van der Waals surface area contributed by atoms with Gasteiger partial charge in [-0.3, -0.25) is 0 Å². The molecule has 0 fully saturated rings. The Labute approximate surface area is 51.7 Å². The summed E-state index contributed by atoms with van der Waals surface area (Å²) < 4.78 is 0.136. The fourth-order valence-corrected chi connectivity index (χ4v) is 0. The molecule has 0 aliphatic rings. The van der Waals surface area contributed by atoms with Gasteiger partial charge in [0.1, 0.15) is 4.49 Å². The van der Waals surface area contributed by atoms with E-state index in [1.807, 2.05) is 0 Å². The first-order valence-electron chi connectivity index (χ1n) is 1.32. The zero-order chi connectivity index (χ0) is 5.15. The van der Waals surface area contributed by atoms with Gasteiger partial charge in [-0.05, 0) is 6.92 Å². The topological polar surface area (TPSA) is 0 Å². The second kappa shape index (κ2) is 2.73. The standard InChI is InChI=1S/C3H3Cl3/c1-2(4)3(5)6/h1H3. The Morgan fingerprint density at radius 3 is 1.33 bits per heavy atom. The number of rotatable bonds is 0. The van der Waals surface area contributed by atoms with Gasteiger partial charge in [0.25, 0.3) is 0 Å². The Kier molecular flexibility index (Phi) is 3.01. The minimum absolute atomic E-state index is 0.136. The fraction of sp³-hybridized carbons (Fsp3) is 0.333. The molecule has 0 aliphatic heterocycles. The van der Waals surface area contributed by atoms with Gasteiger partial charge in [0.2, 0.25) is 0 Å². The quantitative estimate of drug-likeness (QED) is 0.492. The second-order valence-corrected chi connectivity index (χ2v) is 2.31. The van der Waals surface area contributed by atoms with E-state index in [1.54, 1.807) is 6.92 Å². The van der Waals surface area contributed by atoms with Crippen molar-refractivity contribution in [3.63, 3.8) is 0 Å². The SMILES string of the molecule is CC(Cl)=C(Cl)Cl. The fourth-order valence-electron chi connectivity index (χ4n) is 0. The third-order valence-electron chi connectivity index (χ3n) is 0.260. The highest BCUT2D eigenvalue weighted by Gasteiger charge is 1.84. The van der Waals surface area contributed by atoms with Crippen LogP contribution in [0.15, 0.2) is 9.52 Å². The number of hydrogen-bond acceptors (Lipinski definition) is 0. The first-order chi connectivity index (χ1) is 2.64. The van der Waals surface area contributed by atoms with Gasteiger partial charge in [0.15, 0.2) is 0 Å².